The van der Waals surface area contributed by atoms with E-state index in [-0.39, 0.29) is 18.4 Å². The molecule has 104 valence electrons. The second-order valence-corrected chi connectivity index (χ2v) is 4.92. The van der Waals surface area contributed by atoms with Gasteiger partial charge in [-0.05, 0) is 18.2 Å². The minimum atomic E-state index is -0.152. The van der Waals surface area contributed by atoms with Gasteiger partial charge in [0.1, 0.15) is 0 Å². The number of amides is 2. The number of carbonyl (C=O) groups excluding carboxylic acids is 2. The first-order valence-corrected chi connectivity index (χ1v) is 7.11. The maximum Gasteiger partial charge on any atom is 0.243 e. The molecule has 0 saturated heterocycles. The number of aliphatic hydroxyl groups excluding tert-OH is 1. The van der Waals surface area contributed by atoms with Crippen LogP contribution >= 0.6 is 11.8 Å². The second-order valence-electron chi connectivity index (χ2n) is 3.69. The third-order valence-electron chi connectivity index (χ3n) is 2.26. The number of nitrogens with one attached hydrogen (secondary N) is 1. The average Bonchev–Trinajstić information content (AvgIpc) is 2.35. The Kier molecular flexibility index (Phi) is 10.5. The van der Waals surface area contributed by atoms with Crippen molar-refractivity contribution in [2.75, 3.05) is 37.7 Å². The van der Waals surface area contributed by atoms with Gasteiger partial charge in [0.15, 0.2) is 0 Å². The van der Waals surface area contributed by atoms with Gasteiger partial charge in [-0.15, -0.1) is 0 Å². The molecule has 0 spiro atoms. The predicted molar refractivity (Wildman–Crippen MR) is 74.5 cm³/mol. The zero-order valence-corrected chi connectivity index (χ0v) is 11.7. The van der Waals surface area contributed by atoms with Gasteiger partial charge in [0.2, 0.25) is 11.8 Å². The Morgan fingerprint density at radius 2 is 2.11 bits per heavy atom. The zero-order valence-electron chi connectivity index (χ0n) is 10.9. The Morgan fingerprint density at radius 3 is 2.67 bits per heavy atom. The van der Waals surface area contributed by atoms with E-state index in [1.165, 1.54) is 13.0 Å². The van der Waals surface area contributed by atoms with E-state index < -0.39 is 0 Å². The van der Waals surface area contributed by atoms with Crippen molar-refractivity contribution in [1.82, 2.24) is 10.2 Å². The molecule has 6 heteroatoms. The summed E-state index contributed by atoms with van der Waals surface area (Å²) in [5.74, 6) is 1.62. The lowest BCUT2D eigenvalue weighted by Crippen LogP contribution is -2.32. The van der Waals surface area contributed by atoms with E-state index in [4.69, 9.17) is 5.11 Å². The summed E-state index contributed by atoms with van der Waals surface area (Å²) in [5.41, 5.74) is 0. The van der Waals surface area contributed by atoms with Crippen LogP contribution in [0.2, 0.25) is 0 Å². The van der Waals surface area contributed by atoms with Crippen LogP contribution in [0.5, 0.6) is 0 Å². The smallest absolute Gasteiger partial charge is 0.243 e. The number of aliphatic hydroxyl groups is 1. The molecule has 0 aromatic rings. The number of carbonyl (C=O) groups is 2. The number of thioether (sulfide) groups is 1. The molecule has 0 aliphatic carbocycles. The maximum atomic E-state index is 11.2. The van der Waals surface area contributed by atoms with Crippen molar-refractivity contribution >= 4 is 23.6 Å². The molecule has 0 bridgehead atoms. The highest BCUT2D eigenvalue weighted by Crippen LogP contribution is 2.03. The fraction of sp³-hybridized carbons (Fsp3) is 0.667. The van der Waals surface area contributed by atoms with Gasteiger partial charge >= 0.3 is 0 Å². The second kappa shape index (κ2) is 11.1. The van der Waals surface area contributed by atoms with Crippen LogP contribution in [0.1, 0.15) is 13.3 Å². The van der Waals surface area contributed by atoms with Crippen molar-refractivity contribution in [3.8, 4) is 0 Å². The molecule has 0 aliphatic rings. The predicted octanol–water partition coefficient (Wildman–Crippen LogP) is 0.253. The summed E-state index contributed by atoms with van der Waals surface area (Å²) in [6, 6.07) is 0. The average molecular weight is 274 g/mol. The fourth-order valence-electron chi connectivity index (χ4n) is 1.33. The van der Waals surface area contributed by atoms with Gasteiger partial charge in [-0.2, -0.15) is 11.8 Å². The van der Waals surface area contributed by atoms with Crippen molar-refractivity contribution in [3.05, 3.63) is 12.7 Å². The fourth-order valence-corrected chi connectivity index (χ4v) is 2.11. The van der Waals surface area contributed by atoms with E-state index in [1.54, 1.807) is 16.7 Å². The molecule has 0 saturated carbocycles. The summed E-state index contributed by atoms with van der Waals surface area (Å²) >= 11 is 1.73. The molecule has 0 unspecified atom stereocenters. The van der Waals surface area contributed by atoms with Crippen molar-refractivity contribution in [2.24, 2.45) is 0 Å². The lowest BCUT2D eigenvalue weighted by Gasteiger charge is -2.19. The Morgan fingerprint density at radius 1 is 1.39 bits per heavy atom. The third-order valence-corrected chi connectivity index (χ3v) is 3.33. The van der Waals surface area contributed by atoms with E-state index >= 15 is 0 Å². The molecule has 0 aromatic heterocycles. The van der Waals surface area contributed by atoms with E-state index in [0.717, 1.165) is 17.9 Å². The topological polar surface area (TPSA) is 69.6 Å². The molecule has 0 heterocycles. The highest BCUT2D eigenvalue weighted by Gasteiger charge is 2.06. The van der Waals surface area contributed by atoms with E-state index in [2.05, 4.69) is 11.9 Å². The molecule has 0 aromatic carbocycles. The molecule has 2 amide bonds. The molecule has 0 atom stereocenters. The van der Waals surface area contributed by atoms with Gasteiger partial charge in [0.25, 0.3) is 0 Å². The first kappa shape index (κ1) is 17.0. The largest absolute Gasteiger partial charge is 0.395 e. The summed E-state index contributed by atoms with van der Waals surface area (Å²) in [7, 11) is 0. The first-order valence-electron chi connectivity index (χ1n) is 5.96. The minimum Gasteiger partial charge on any atom is -0.395 e. The van der Waals surface area contributed by atoms with Gasteiger partial charge < -0.3 is 15.3 Å². The minimum absolute atomic E-state index is 0.000305. The number of hydrogen-bond acceptors (Lipinski definition) is 4. The standard InChI is InChI=1S/C12H22N2O3S/c1-3-12(17)13-5-10-18-9-4-6-14(7-8-15)11(2)16/h3,15H,1,4-10H2,2H3,(H,13,17). The monoisotopic (exact) mass is 274 g/mol. The molecule has 18 heavy (non-hydrogen) atoms. The first-order chi connectivity index (χ1) is 8.61. The van der Waals surface area contributed by atoms with E-state index in [9.17, 15) is 9.59 Å². The Bertz CT molecular complexity index is 272. The van der Waals surface area contributed by atoms with Crippen LogP contribution < -0.4 is 5.32 Å². The normalized spacial score (nSPS) is 9.89. The van der Waals surface area contributed by atoms with Crippen LogP contribution in [-0.4, -0.2) is 59.6 Å². The molecule has 0 radical (unpaired) electrons. The van der Waals surface area contributed by atoms with Gasteiger partial charge in [-0.25, -0.2) is 0 Å². The van der Waals surface area contributed by atoms with E-state index in [1.807, 2.05) is 0 Å². The summed E-state index contributed by atoms with van der Waals surface area (Å²) in [6.07, 6.45) is 2.14. The van der Waals surface area contributed by atoms with Crippen molar-refractivity contribution < 1.29 is 14.7 Å². The van der Waals surface area contributed by atoms with Crippen molar-refractivity contribution in [2.45, 2.75) is 13.3 Å². The molecule has 0 fully saturated rings. The van der Waals surface area contributed by atoms with Crippen LogP contribution in [0.15, 0.2) is 12.7 Å². The zero-order chi connectivity index (χ0) is 13.8. The van der Waals surface area contributed by atoms with Gasteiger partial charge in [-0.1, -0.05) is 6.58 Å². The van der Waals surface area contributed by atoms with E-state index in [0.29, 0.717) is 19.6 Å². The molecule has 5 nitrogen and oxygen atoms in total. The molecular weight excluding hydrogens is 252 g/mol. The summed E-state index contributed by atoms with van der Waals surface area (Å²) in [6.45, 7) is 6.57. The molecular formula is C12H22N2O3S. The molecule has 0 aliphatic heterocycles. The Balaban J connectivity index is 3.46. The van der Waals surface area contributed by atoms with Crippen LogP contribution in [0, 0.1) is 0 Å². The summed E-state index contributed by atoms with van der Waals surface area (Å²) in [4.78, 5) is 23.6. The third kappa shape index (κ3) is 9.07. The highest BCUT2D eigenvalue weighted by atomic mass is 32.2. The number of hydrogen-bond donors (Lipinski definition) is 2. The van der Waals surface area contributed by atoms with Crippen LogP contribution in [0.25, 0.3) is 0 Å². The molecule has 0 rings (SSSR count). The van der Waals surface area contributed by atoms with Crippen LogP contribution in [-0.2, 0) is 9.59 Å². The number of nitrogens with zero attached hydrogens (tertiary/aromatic N) is 1. The van der Waals surface area contributed by atoms with Crippen LogP contribution in [0.3, 0.4) is 0 Å². The summed E-state index contributed by atoms with van der Waals surface area (Å²) < 4.78 is 0. The Labute approximate surface area is 113 Å². The van der Waals surface area contributed by atoms with Gasteiger partial charge in [0.05, 0.1) is 6.61 Å². The highest BCUT2D eigenvalue weighted by molar-refractivity contribution is 7.99. The lowest BCUT2D eigenvalue weighted by atomic mass is 10.4. The molecule has 2 N–H and O–H groups in total. The summed E-state index contributed by atoms with van der Waals surface area (Å²) in [5, 5.41) is 11.5. The quantitative estimate of drug-likeness (QED) is 0.443. The Hall–Kier alpha value is -1.01. The van der Waals surface area contributed by atoms with Gasteiger partial charge in [-0.3, -0.25) is 9.59 Å². The van der Waals surface area contributed by atoms with Gasteiger partial charge in [0, 0.05) is 32.3 Å². The van der Waals surface area contributed by atoms with Crippen molar-refractivity contribution in [1.29, 1.82) is 0 Å². The lowest BCUT2D eigenvalue weighted by molar-refractivity contribution is -0.129. The number of rotatable bonds is 10. The van der Waals surface area contributed by atoms with Crippen LogP contribution in [0.4, 0.5) is 0 Å². The maximum absolute atomic E-state index is 11.2. The SMILES string of the molecule is C=CC(=O)NCCSCCCN(CCO)C(C)=O. The van der Waals surface area contributed by atoms with Crippen molar-refractivity contribution in [3.63, 3.8) is 0 Å².